The van der Waals surface area contributed by atoms with Crippen molar-refractivity contribution in [1.29, 1.82) is 0 Å². The number of benzene rings is 2. The quantitative estimate of drug-likeness (QED) is 0.694. The van der Waals surface area contributed by atoms with Crippen LogP contribution in [-0.4, -0.2) is 10.8 Å². The molecule has 5 nitrogen and oxygen atoms in total. The van der Waals surface area contributed by atoms with E-state index in [1.807, 2.05) is 12.1 Å². The average Bonchev–Trinajstić information content (AvgIpc) is 2.46. The second-order valence-electron chi connectivity index (χ2n) is 4.52. The summed E-state index contributed by atoms with van der Waals surface area (Å²) in [6, 6.07) is 11.5. The van der Waals surface area contributed by atoms with Gasteiger partial charge in [-0.2, -0.15) is 0 Å². The first-order valence-corrected chi connectivity index (χ1v) is 6.63. The predicted molar refractivity (Wildman–Crippen MR) is 80.5 cm³/mol. The zero-order valence-corrected chi connectivity index (χ0v) is 12.1. The SMILES string of the molecule is Cc1c(C(=O)NCc2ccc(Cl)cc2)cccc1[N+](=O)[O-]. The predicted octanol–water partition coefficient (Wildman–Crippen LogP) is 3.49. The molecule has 0 atom stereocenters. The molecule has 0 unspecified atom stereocenters. The van der Waals surface area contributed by atoms with Gasteiger partial charge in [0.15, 0.2) is 0 Å². The van der Waals surface area contributed by atoms with E-state index in [9.17, 15) is 14.9 Å². The van der Waals surface area contributed by atoms with Crippen LogP contribution in [-0.2, 0) is 6.54 Å². The molecule has 0 heterocycles. The summed E-state index contributed by atoms with van der Waals surface area (Å²) >= 11 is 5.79. The Kier molecular flexibility index (Phi) is 4.55. The van der Waals surface area contributed by atoms with Crippen molar-refractivity contribution < 1.29 is 9.72 Å². The van der Waals surface area contributed by atoms with Crippen LogP contribution >= 0.6 is 11.6 Å². The molecule has 0 aliphatic heterocycles. The van der Waals surface area contributed by atoms with Crippen LogP contribution in [0.4, 0.5) is 5.69 Å². The highest BCUT2D eigenvalue weighted by Gasteiger charge is 2.17. The molecule has 21 heavy (non-hydrogen) atoms. The van der Waals surface area contributed by atoms with Gasteiger partial charge < -0.3 is 5.32 Å². The molecule has 0 saturated heterocycles. The molecule has 0 fully saturated rings. The van der Waals surface area contributed by atoms with Crippen LogP contribution < -0.4 is 5.32 Å². The van der Waals surface area contributed by atoms with E-state index < -0.39 is 4.92 Å². The molecule has 108 valence electrons. The lowest BCUT2D eigenvalue weighted by Crippen LogP contribution is -2.23. The summed E-state index contributed by atoms with van der Waals surface area (Å²) in [5.41, 5.74) is 1.50. The lowest BCUT2D eigenvalue weighted by molar-refractivity contribution is -0.385. The van der Waals surface area contributed by atoms with Crippen molar-refractivity contribution in [2.24, 2.45) is 0 Å². The molecular weight excluding hydrogens is 292 g/mol. The van der Waals surface area contributed by atoms with E-state index in [4.69, 9.17) is 11.6 Å². The fourth-order valence-electron chi connectivity index (χ4n) is 1.95. The monoisotopic (exact) mass is 304 g/mol. The van der Waals surface area contributed by atoms with E-state index in [0.717, 1.165) is 5.56 Å². The number of hydrogen-bond donors (Lipinski definition) is 1. The highest BCUT2D eigenvalue weighted by molar-refractivity contribution is 6.30. The molecule has 1 amide bonds. The fourth-order valence-corrected chi connectivity index (χ4v) is 2.07. The van der Waals surface area contributed by atoms with E-state index in [1.165, 1.54) is 12.1 Å². The van der Waals surface area contributed by atoms with Crippen molar-refractivity contribution >= 4 is 23.2 Å². The van der Waals surface area contributed by atoms with E-state index >= 15 is 0 Å². The lowest BCUT2D eigenvalue weighted by Gasteiger charge is -2.08. The van der Waals surface area contributed by atoms with Crippen molar-refractivity contribution in [1.82, 2.24) is 5.32 Å². The molecule has 0 aliphatic carbocycles. The number of nitro groups is 1. The van der Waals surface area contributed by atoms with Gasteiger partial charge >= 0.3 is 0 Å². The number of carbonyl (C=O) groups excluding carboxylic acids is 1. The Morgan fingerprint density at radius 3 is 2.52 bits per heavy atom. The highest BCUT2D eigenvalue weighted by atomic mass is 35.5. The third kappa shape index (κ3) is 3.58. The number of nitrogens with zero attached hydrogens (tertiary/aromatic N) is 1. The average molecular weight is 305 g/mol. The van der Waals surface area contributed by atoms with Crippen LogP contribution in [0.25, 0.3) is 0 Å². The van der Waals surface area contributed by atoms with Crippen molar-refractivity contribution in [2.75, 3.05) is 0 Å². The molecule has 2 aromatic rings. The smallest absolute Gasteiger partial charge is 0.273 e. The Labute approximate surface area is 126 Å². The zero-order valence-electron chi connectivity index (χ0n) is 11.3. The van der Waals surface area contributed by atoms with E-state index in [1.54, 1.807) is 25.1 Å². The van der Waals surface area contributed by atoms with Gasteiger partial charge in [-0.3, -0.25) is 14.9 Å². The largest absolute Gasteiger partial charge is 0.348 e. The van der Waals surface area contributed by atoms with Gasteiger partial charge in [-0.05, 0) is 30.7 Å². The van der Waals surface area contributed by atoms with Gasteiger partial charge in [-0.15, -0.1) is 0 Å². The van der Waals surface area contributed by atoms with E-state index in [-0.39, 0.29) is 11.6 Å². The summed E-state index contributed by atoms with van der Waals surface area (Å²) in [5, 5.41) is 14.2. The molecule has 0 aromatic heterocycles. The molecule has 6 heteroatoms. The molecule has 0 aliphatic rings. The maximum Gasteiger partial charge on any atom is 0.273 e. The van der Waals surface area contributed by atoms with Crippen molar-refractivity contribution in [2.45, 2.75) is 13.5 Å². The standard InChI is InChI=1S/C15H13ClN2O3/c1-10-13(3-2-4-14(10)18(20)21)15(19)17-9-11-5-7-12(16)8-6-11/h2-8H,9H2,1H3,(H,17,19). The Balaban J connectivity index is 2.12. The lowest BCUT2D eigenvalue weighted by atomic mass is 10.1. The molecular formula is C15H13ClN2O3. The number of halogens is 1. The minimum Gasteiger partial charge on any atom is -0.348 e. The number of amides is 1. The molecule has 2 aromatic carbocycles. The van der Waals surface area contributed by atoms with Gasteiger partial charge in [0.05, 0.1) is 4.92 Å². The highest BCUT2D eigenvalue weighted by Crippen LogP contribution is 2.21. The summed E-state index contributed by atoms with van der Waals surface area (Å²) in [6.45, 7) is 1.90. The Morgan fingerprint density at radius 2 is 1.90 bits per heavy atom. The van der Waals surface area contributed by atoms with Crippen LogP contribution in [0.1, 0.15) is 21.5 Å². The Morgan fingerprint density at radius 1 is 1.24 bits per heavy atom. The van der Waals surface area contributed by atoms with Crippen LogP contribution in [0.15, 0.2) is 42.5 Å². The number of nitrogens with one attached hydrogen (secondary N) is 1. The van der Waals surface area contributed by atoms with Crippen LogP contribution in [0.5, 0.6) is 0 Å². The molecule has 0 saturated carbocycles. The van der Waals surface area contributed by atoms with Gasteiger partial charge in [0.2, 0.25) is 0 Å². The van der Waals surface area contributed by atoms with Gasteiger partial charge in [-0.1, -0.05) is 29.8 Å². The van der Waals surface area contributed by atoms with Gasteiger partial charge in [0, 0.05) is 28.8 Å². The van der Waals surface area contributed by atoms with Crippen molar-refractivity contribution in [3.05, 3.63) is 74.3 Å². The number of carbonyl (C=O) groups is 1. The minimum absolute atomic E-state index is 0.0610. The van der Waals surface area contributed by atoms with E-state index in [0.29, 0.717) is 22.7 Å². The molecule has 2 rings (SSSR count). The van der Waals surface area contributed by atoms with Crippen LogP contribution in [0, 0.1) is 17.0 Å². The fraction of sp³-hybridized carbons (Fsp3) is 0.133. The third-order valence-electron chi connectivity index (χ3n) is 3.11. The Bertz CT molecular complexity index is 684. The van der Waals surface area contributed by atoms with E-state index in [2.05, 4.69) is 5.32 Å². The first-order valence-electron chi connectivity index (χ1n) is 6.25. The van der Waals surface area contributed by atoms with Gasteiger partial charge in [0.1, 0.15) is 0 Å². The maximum absolute atomic E-state index is 12.1. The first kappa shape index (κ1) is 15.0. The molecule has 0 radical (unpaired) electrons. The van der Waals surface area contributed by atoms with Crippen molar-refractivity contribution in [3.63, 3.8) is 0 Å². The summed E-state index contributed by atoms with van der Waals surface area (Å²) < 4.78 is 0. The maximum atomic E-state index is 12.1. The van der Waals surface area contributed by atoms with Crippen LogP contribution in [0.3, 0.4) is 0 Å². The minimum atomic E-state index is -0.495. The molecule has 1 N–H and O–H groups in total. The van der Waals surface area contributed by atoms with Crippen molar-refractivity contribution in [3.8, 4) is 0 Å². The first-order chi connectivity index (χ1) is 9.99. The Hall–Kier alpha value is -2.40. The third-order valence-corrected chi connectivity index (χ3v) is 3.36. The summed E-state index contributed by atoms with van der Waals surface area (Å²) in [7, 11) is 0. The number of nitro benzene ring substituents is 1. The summed E-state index contributed by atoms with van der Waals surface area (Å²) in [4.78, 5) is 22.5. The summed E-state index contributed by atoms with van der Waals surface area (Å²) in [5.74, 6) is -0.342. The molecule has 0 bridgehead atoms. The molecule has 0 spiro atoms. The second-order valence-corrected chi connectivity index (χ2v) is 4.95. The van der Waals surface area contributed by atoms with Gasteiger partial charge in [0.25, 0.3) is 11.6 Å². The van der Waals surface area contributed by atoms with Crippen LogP contribution in [0.2, 0.25) is 5.02 Å². The summed E-state index contributed by atoms with van der Waals surface area (Å²) in [6.07, 6.45) is 0. The van der Waals surface area contributed by atoms with Gasteiger partial charge in [-0.25, -0.2) is 0 Å². The second kappa shape index (κ2) is 6.37. The number of hydrogen-bond acceptors (Lipinski definition) is 3. The topological polar surface area (TPSA) is 72.2 Å². The zero-order chi connectivity index (χ0) is 15.4. The normalized spacial score (nSPS) is 10.2. The number of rotatable bonds is 4.